The molecular weight excluding hydrogens is 394 g/mol. The van der Waals surface area contributed by atoms with Gasteiger partial charge in [0, 0.05) is 33.7 Å². The van der Waals surface area contributed by atoms with Crippen LogP contribution in [0.3, 0.4) is 0 Å². The van der Waals surface area contributed by atoms with Crippen LogP contribution in [0.15, 0.2) is 64.8 Å². The van der Waals surface area contributed by atoms with Gasteiger partial charge in [-0.05, 0) is 43.3 Å². The minimum Gasteiger partial charge on any atom is -0.347 e. The first kappa shape index (κ1) is 16.6. The second-order valence-corrected chi connectivity index (χ2v) is 6.92. The lowest BCUT2D eigenvalue weighted by atomic mass is 10.1. The van der Waals surface area contributed by atoms with E-state index in [1.807, 2.05) is 42.6 Å². The van der Waals surface area contributed by atoms with Crippen molar-refractivity contribution in [1.82, 2.24) is 9.99 Å². The third-order valence-electron chi connectivity index (χ3n) is 4.44. The summed E-state index contributed by atoms with van der Waals surface area (Å²) in [6, 6.07) is 15.2. The molecule has 1 aromatic heterocycles. The molecule has 0 atom stereocenters. The second kappa shape index (κ2) is 6.46. The highest BCUT2D eigenvalue weighted by atomic mass is 79.9. The molecule has 2 amide bonds. The van der Waals surface area contributed by atoms with Crippen LogP contribution >= 0.6 is 15.9 Å². The molecule has 0 saturated carbocycles. The molecule has 6 heteroatoms. The number of hydrazine groups is 1. The maximum absolute atomic E-state index is 12.8. The molecule has 4 rings (SSSR count). The number of para-hydroxylation sites is 1. The minimum absolute atomic E-state index is 0.131. The van der Waals surface area contributed by atoms with Crippen LogP contribution in [0.5, 0.6) is 0 Å². The van der Waals surface area contributed by atoms with E-state index in [9.17, 15) is 9.59 Å². The van der Waals surface area contributed by atoms with Gasteiger partial charge in [-0.3, -0.25) is 15.0 Å². The van der Waals surface area contributed by atoms with Crippen LogP contribution in [0.1, 0.15) is 12.5 Å². The average Bonchev–Trinajstić information content (AvgIpc) is 3.15. The Morgan fingerprint density at radius 1 is 1.08 bits per heavy atom. The highest BCUT2D eigenvalue weighted by Crippen LogP contribution is 2.27. The summed E-state index contributed by atoms with van der Waals surface area (Å²) < 4.78 is 3.01. The molecule has 1 N–H and O–H groups in total. The zero-order valence-corrected chi connectivity index (χ0v) is 15.7. The van der Waals surface area contributed by atoms with Gasteiger partial charge < -0.3 is 4.57 Å². The summed E-state index contributed by atoms with van der Waals surface area (Å²) in [5, 5.41) is 2.30. The Morgan fingerprint density at radius 2 is 1.81 bits per heavy atom. The van der Waals surface area contributed by atoms with Crippen LogP contribution in [-0.2, 0) is 16.1 Å². The molecule has 0 radical (unpaired) electrons. The van der Waals surface area contributed by atoms with Crippen molar-refractivity contribution in [2.45, 2.75) is 13.5 Å². The van der Waals surface area contributed by atoms with Gasteiger partial charge in [-0.25, -0.2) is 5.01 Å². The number of fused-ring (bicyclic) bond motifs is 1. The number of hydrogen-bond acceptors (Lipinski definition) is 2. The van der Waals surface area contributed by atoms with Gasteiger partial charge in [0.25, 0.3) is 11.8 Å². The Hall–Kier alpha value is -2.86. The highest BCUT2D eigenvalue weighted by molar-refractivity contribution is 9.10. The monoisotopic (exact) mass is 409 g/mol. The Labute approximate surface area is 159 Å². The molecule has 0 bridgehead atoms. The molecule has 2 aromatic carbocycles. The first-order chi connectivity index (χ1) is 12.6. The number of nitrogens with one attached hydrogen (secondary N) is 1. The highest BCUT2D eigenvalue weighted by Gasteiger charge is 2.34. The van der Waals surface area contributed by atoms with Gasteiger partial charge in [-0.15, -0.1) is 0 Å². The van der Waals surface area contributed by atoms with Gasteiger partial charge in [-0.2, -0.15) is 0 Å². The molecular formula is C20H16BrN3O2. The molecule has 1 fully saturated rings. The van der Waals surface area contributed by atoms with Crippen molar-refractivity contribution in [3.63, 3.8) is 0 Å². The smallest absolute Gasteiger partial charge is 0.282 e. The van der Waals surface area contributed by atoms with Crippen LogP contribution < -0.4 is 10.4 Å². The third-order valence-corrected chi connectivity index (χ3v) is 4.96. The SMILES string of the molecule is CCn1cc(/C=C2\C(=O)NN(c3ccc(Br)cc3)C2=O)c2ccccc21. The first-order valence-corrected chi connectivity index (χ1v) is 9.08. The number of aryl methyl sites for hydroxylation is 1. The van der Waals surface area contributed by atoms with Crippen molar-refractivity contribution in [2.24, 2.45) is 0 Å². The summed E-state index contributed by atoms with van der Waals surface area (Å²) in [5.41, 5.74) is 5.32. The van der Waals surface area contributed by atoms with Crippen LogP contribution in [0.4, 0.5) is 5.69 Å². The lowest BCUT2D eigenvalue weighted by molar-refractivity contribution is -0.117. The maximum atomic E-state index is 12.8. The molecule has 1 saturated heterocycles. The van der Waals surface area contributed by atoms with E-state index in [0.717, 1.165) is 27.5 Å². The number of carbonyl (C=O) groups excluding carboxylic acids is 2. The Bertz CT molecular complexity index is 1050. The van der Waals surface area contributed by atoms with E-state index >= 15 is 0 Å². The van der Waals surface area contributed by atoms with Gasteiger partial charge >= 0.3 is 0 Å². The maximum Gasteiger partial charge on any atom is 0.282 e. The van der Waals surface area contributed by atoms with Crippen molar-refractivity contribution >= 4 is 50.4 Å². The van der Waals surface area contributed by atoms with Crippen molar-refractivity contribution in [2.75, 3.05) is 5.01 Å². The van der Waals surface area contributed by atoms with Crippen molar-refractivity contribution in [1.29, 1.82) is 0 Å². The molecule has 5 nitrogen and oxygen atoms in total. The van der Waals surface area contributed by atoms with Crippen molar-refractivity contribution in [3.8, 4) is 0 Å². The molecule has 0 unspecified atom stereocenters. The Morgan fingerprint density at radius 3 is 2.54 bits per heavy atom. The molecule has 1 aliphatic rings. The fourth-order valence-electron chi connectivity index (χ4n) is 3.14. The number of amides is 2. The lowest BCUT2D eigenvalue weighted by Gasteiger charge is -2.14. The fraction of sp³-hybridized carbons (Fsp3) is 0.100. The second-order valence-electron chi connectivity index (χ2n) is 6.00. The fourth-order valence-corrected chi connectivity index (χ4v) is 3.40. The minimum atomic E-state index is -0.397. The van der Waals surface area contributed by atoms with E-state index < -0.39 is 5.91 Å². The molecule has 26 heavy (non-hydrogen) atoms. The average molecular weight is 410 g/mol. The Kier molecular flexibility index (Phi) is 4.12. The number of carbonyl (C=O) groups is 2. The lowest BCUT2D eigenvalue weighted by Crippen LogP contribution is -2.35. The zero-order chi connectivity index (χ0) is 18.3. The molecule has 1 aliphatic heterocycles. The summed E-state index contributed by atoms with van der Waals surface area (Å²) in [5.74, 6) is -0.753. The number of nitrogens with zero attached hydrogens (tertiary/aromatic N) is 2. The molecule has 0 spiro atoms. The summed E-state index contributed by atoms with van der Waals surface area (Å²) in [6.45, 7) is 2.88. The molecule has 130 valence electrons. The number of anilines is 1. The zero-order valence-electron chi connectivity index (χ0n) is 14.1. The number of benzene rings is 2. The number of rotatable bonds is 3. The van der Waals surface area contributed by atoms with Gasteiger partial charge in [0.1, 0.15) is 5.57 Å². The largest absolute Gasteiger partial charge is 0.347 e. The van der Waals surface area contributed by atoms with E-state index in [-0.39, 0.29) is 11.5 Å². The predicted molar refractivity (Wildman–Crippen MR) is 105 cm³/mol. The number of halogens is 1. The van der Waals surface area contributed by atoms with Gasteiger partial charge in [0.15, 0.2) is 0 Å². The number of aromatic nitrogens is 1. The quantitative estimate of drug-likeness (QED) is 0.526. The Balaban J connectivity index is 1.75. The van der Waals surface area contributed by atoms with Crippen molar-refractivity contribution in [3.05, 3.63) is 70.3 Å². The normalized spacial score (nSPS) is 15.9. The summed E-state index contributed by atoms with van der Waals surface area (Å²) >= 11 is 3.36. The van der Waals surface area contributed by atoms with Crippen LogP contribution in [0, 0.1) is 0 Å². The van der Waals surface area contributed by atoms with Gasteiger partial charge in [-0.1, -0.05) is 34.1 Å². The first-order valence-electron chi connectivity index (χ1n) is 8.29. The molecule has 3 aromatic rings. The summed E-state index contributed by atoms with van der Waals surface area (Å²) in [4.78, 5) is 25.2. The van der Waals surface area contributed by atoms with Gasteiger partial charge in [0.05, 0.1) is 5.69 Å². The summed E-state index contributed by atoms with van der Waals surface area (Å²) in [6.07, 6.45) is 3.64. The summed E-state index contributed by atoms with van der Waals surface area (Å²) in [7, 11) is 0. The molecule has 2 heterocycles. The van der Waals surface area contributed by atoms with Crippen LogP contribution in [0.2, 0.25) is 0 Å². The van der Waals surface area contributed by atoms with Crippen LogP contribution in [-0.4, -0.2) is 16.4 Å². The van der Waals surface area contributed by atoms with E-state index in [1.54, 1.807) is 18.2 Å². The van der Waals surface area contributed by atoms with E-state index in [0.29, 0.717) is 5.69 Å². The topological polar surface area (TPSA) is 54.3 Å². The van der Waals surface area contributed by atoms with E-state index in [2.05, 4.69) is 32.8 Å². The predicted octanol–water partition coefficient (Wildman–Crippen LogP) is 3.89. The van der Waals surface area contributed by atoms with Crippen molar-refractivity contribution < 1.29 is 9.59 Å². The van der Waals surface area contributed by atoms with Gasteiger partial charge in [0.2, 0.25) is 0 Å². The molecule has 0 aliphatic carbocycles. The number of hydrogen-bond donors (Lipinski definition) is 1. The third kappa shape index (κ3) is 2.72. The van der Waals surface area contributed by atoms with E-state index in [1.165, 1.54) is 5.01 Å². The van der Waals surface area contributed by atoms with Crippen LogP contribution in [0.25, 0.3) is 17.0 Å². The standard InChI is InChI=1S/C20H16BrN3O2/c1-2-23-12-13(16-5-3-4-6-18(16)23)11-17-19(25)22-24(20(17)26)15-9-7-14(21)8-10-15/h3-12H,2H2,1H3,(H,22,25)/b17-11+. The van der Waals surface area contributed by atoms with E-state index in [4.69, 9.17) is 0 Å².